The summed E-state index contributed by atoms with van der Waals surface area (Å²) in [6, 6.07) is 9.29. The zero-order chi connectivity index (χ0) is 14.9. The van der Waals surface area contributed by atoms with E-state index >= 15 is 0 Å². The van der Waals surface area contributed by atoms with Crippen LogP contribution in [0.25, 0.3) is 0 Å². The smallest absolute Gasteiger partial charge is 0.211 e. The fourth-order valence-electron chi connectivity index (χ4n) is 3.03. The highest BCUT2D eigenvalue weighted by Crippen LogP contribution is 2.40. The number of hydrogen-bond donors (Lipinski definition) is 1. The van der Waals surface area contributed by atoms with Gasteiger partial charge in [0.15, 0.2) is 0 Å². The first-order valence-corrected chi connectivity index (χ1v) is 9.64. The number of nitrogens with one attached hydrogen (secondary N) is 1. The van der Waals surface area contributed by atoms with Crippen LogP contribution in [0.4, 0.5) is 0 Å². The SMILES string of the molecule is CS(=O)(=O)N1CCC(NCc2cccc(C3CC3)c2)CC1. The topological polar surface area (TPSA) is 49.4 Å². The van der Waals surface area contributed by atoms with Gasteiger partial charge in [-0.2, -0.15) is 0 Å². The van der Waals surface area contributed by atoms with Gasteiger partial charge >= 0.3 is 0 Å². The second-order valence-corrected chi connectivity index (χ2v) is 8.32. The summed E-state index contributed by atoms with van der Waals surface area (Å²) < 4.78 is 24.6. The highest BCUT2D eigenvalue weighted by atomic mass is 32.2. The zero-order valence-corrected chi connectivity index (χ0v) is 13.4. The summed E-state index contributed by atoms with van der Waals surface area (Å²) in [6.07, 6.45) is 5.76. The Kier molecular flexibility index (Phi) is 4.33. The molecule has 5 heteroatoms. The lowest BCUT2D eigenvalue weighted by molar-refractivity contribution is 0.290. The van der Waals surface area contributed by atoms with Crippen LogP contribution in [-0.4, -0.2) is 38.1 Å². The molecule has 1 aromatic carbocycles. The number of hydrogen-bond acceptors (Lipinski definition) is 3. The van der Waals surface area contributed by atoms with Gasteiger partial charge in [-0.3, -0.25) is 0 Å². The maximum Gasteiger partial charge on any atom is 0.211 e. The van der Waals surface area contributed by atoms with E-state index in [4.69, 9.17) is 0 Å². The Labute approximate surface area is 127 Å². The molecular weight excluding hydrogens is 284 g/mol. The average Bonchev–Trinajstić information content (AvgIpc) is 3.30. The predicted octanol–water partition coefficient (Wildman–Crippen LogP) is 2.08. The average molecular weight is 308 g/mol. The number of nitrogens with zero attached hydrogens (tertiary/aromatic N) is 1. The van der Waals surface area contributed by atoms with E-state index in [1.807, 2.05) is 0 Å². The Morgan fingerprint density at radius 3 is 2.52 bits per heavy atom. The third-order valence-electron chi connectivity index (χ3n) is 4.52. The van der Waals surface area contributed by atoms with Crippen molar-refractivity contribution in [2.45, 2.75) is 44.2 Å². The number of piperidine rings is 1. The lowest BCUT2D eigenvalue weighted by atomic mass is 10.0. The van der Waals surface area contributed by atoms with Gasteiger partial charge in [-0.15, -0.1) is 0 Å². The van der Waals surface area contributed by atoms with E-state index in [1.165, 1.54) is 30.2 Å². The van der Waals surface area contributed by atoms with Gasteiger partial charge in [0.1, 0.15) is 0 Å². The van der Waals surface area contributed by atoms with Crippen molar-refractivity contribution in [3.8, 4) is 0 Å². The summed E-state index contributed by atoms with van der Waals surface area (Å²) in [5, 5.41) is 3.57. The molecule has 0 spiro atoms. The van der Waals surface area contributed by atoms with Crippen LogP contribution in [0.1, 0.15) is 42.7 Å². The second kappa shape index (κ2) is 6.07. The van der Waals surface area contributed by atoms with Crippen LogP contribution in [0.3, 0.4) is 0 Å². The highest BCUT2D eigenvalue weighted by molar-refractivity contribution is 7.88. The molecule has 3 rings (SSSR count). The Morgan fingerprint density at radius 1 is 1.19 bits per heavy atom. The van der Waals surface area contributed by atoms with E-state index in [0.29, 0.717) is 19.1 Å². The van der Waals surface area contributed by atoms with Crippen molar-refractivity contribution in [3.63, 3.8) is 0 Å². The van der Waals surface area contributed by atoms with Crippen molar-refractivity contribution in [2.24, 2.45) is 0 Å². The van der Waals surface area contributed by atoms with Crippen LogP contribution in [0.2, 0.25) is 0 Å². The summed E-state index contributed by atoms with van der Waals surface area (Å²) in [4.78, 5) is 0. The van der Waals surface area contributed by atoms with Crippen molar-refractivity contribution in [3.05, 3.63) is 35.4 Å². The van der Waals surface area contributed by atoms with Gasteiger partial charge in [0.25, 0.3) is 0 Å². The lowest BCUT2D eigenvalue weighted by Gasteiger charge is -2.30. The molecule has 1 aliphatic carbocycles. The largest absolute Gasteiger partial charge is 0.310 e. The Bertz CT molecular complexity index is 588. The summed E-state index contributed by atoms with van der Waals surface area (Å²) in [5.41, 5.74) is 2.81. The third kappa shape index (κ3) is 4.05. The van der Waals surface area contributed by atoms with Gasteiger partial charge < -0.3 is 5.32 Å². The first kappa shape index (κ1) is 15.0. The molecule has 0 atom stereocenters. The molecule has 116 valence electrons. The van der Waals surface area contributed by atoms with Gasteiger partial charge in [-0.1, -0.05) is 24.3 Å². The third-order valence-corrected chi connectivity index (χ3v) is 5.82. The van der Waals surface area contributed by atoms with Gasteiger partial charge in [0, 0.05) is 25.7 Å². The Morgan fingerprint density at radius 2 is 1.90 bits per heavy atom. The molecule has 1 saturated heterocycles. The molecule has 4 nitrogen and oxygen atoms in total. The minimum Gasteiger partial charge on any atom is -0.310 e. The summed E-state index contributed by atoms with van der Waals surface area (Å²) in [7, 11) is -3.02. The van der Waals surface area contributed by atoms with Gasteiger partial charge in [-0.25, -0.2) is 12.7 Å². The Balaban J connectivity index is 1.49. The second-order valence-electron chi connectivity index (χ2n) is 6.34. The van der Waals surface area contributed by atoms with Crippen LogP contribution >= 0.6 is 0 Å². The van der Waals surface area contributed by atoms with Crippen molar-refractivity contribution in [1.29, 1.82) is 0 Å². The molecule has 1 aromatic rings. The van der Waals surface area contributed by atoms with Crippen molar-refractivity contribution in [1.82, 2.24) is 9.62 Å². The van der Waals surface area contributed by atoms with Crippen LogP contribution in [0.5, 0.6) is 0 Å². The van der Waals surface area contributed by atoms with Gasteiger partial charge in [0.2, 0.25) is 10.0 Å². The normalized spacial score (nSPS) is 21.6. The molecule has 21 heavy (non-hydrogen) atoms. The predicted molar refractivity (Wildman–Crippen MR) is 84.7 cm³/mol. The van der Waals surface area contributed by atoms with E-state index < -0.39 is 10.0 Å². The molecule has 1 aliphatic heterocycles. The quantitative estimate of drug-likeness (QED) is 0.906. The minimum absolute atomic E-state index is 0.424. The number of sulfonamides is 1. The van der Waals surface area contributed by atoms with Crippen LogP contribution in [0, 0.1) is 0 Å². The molecule has 1 N–H and O–H groups in total. The van der Waals surface area contributed by atoms with E-state index in [2.05, 4.69) is 29.6 Å². The minimum atomic E-state index is -3.02. The molecule has 2 aliphatic rings. The van der Waals surface area contributed by atoms with E-state index in [9.17, 15) is 8.42 Å². The first-order chi connectivity index (χ1) is 10.0. The van der Waals surface area contributed by atoms with Crippen molar-refractivity contribution >= 4 is 10.0 Å². The molecule has 0 aromatic heterocycles. The van der Waals surface area contributed by atoms with Crippen LogP contribution < -0.4 is 5.32 Å². The van der Waals surface area contributed by atoms with E-state index in [1.54, 1.807) is 4.31 Å². The maximum atomic E-state index is 11.5. The van der Waals surface area contributed by atoms with Crippen molar-refractivity contribution in [2.75, 3.05) is 19.3 Å². The standard InChI is InChI=1S/C16H24N2O2S/c1-21(19,20)18-9-7-16(8-10-18)17-12-13-3-2-4-15(11-13)14-5-6-14/h2-4,11,14,16-17H,5-10,12H2,1H3. The molecule has 0 bridgehead atoms. The van der Waals surface area contributed by atoms with Crippen LogP contribution in [0.15, 0.2) is 24.3 Å². The lowest BCUT2D eigenvalue weighted by Crippen LogP contribution is -2.44. The molecule has 0 radical (unpaired) electrons. The van der Waals surface area contributed by atoms with Gasteiger partial charge in [0.05, 0.1) is 6.26 Å². The molecule has 2 fully saturated rings. The Hall–Kier alpha value is -0.910. The zero-order valence-electron chi connectivity index (χ0n) is 12.6. The number of rotatable bonds is 5. The van der Waals surface area contributed by atoms with Crippen LogP contribution in [-0.2, 0) is 16.6 Å². The molecule has 0 unspecified atom stereocenters. The summed E-state index contributed by atoms with van der Waals surface area (Å²) in [6.45, 7) is 2.15. The fourth-order valence-corrected chi connectivity index (χ4v) is 3.90. The molecule has 0 amide bonds. The fraction of sp³-hybridized carbons (Fsp3) is 0.625. The van der Waals surface area contributed by atoms with E-state index in [0.717, 1.165) is 25.3 Å². The monoisotopic (exact) mass is 308 g/mol. The van der Waals surface area contributed by atoms with E-state index in [-0.39, 0.29) is 0 Å². The van der Waals surface area contributed by atoms with Crippen molar-refractivity contribution < 1.29 is 8.42 Å². The molecule has 1 heterocycles. The summed E-state index contributed by atoms with van der Waals surface area (Å²) in [5.74, 6) is 0.794. The maximum absolute atomic E-state index is 11.5. The number of benzene rings is 1. The first-order valence-electron chi connectivity index (χ1n) is 7.80. The van der Waals surface area contributed by atoms with Gasteiger partial charge in [-0.05, 0) is 42.7 Å². The highest BCUT2D eigenvalue weighted by Gasteiger charge is 2.25. The molecule has 1 saturated carbocycles. The summed E-state index contributed by atoms with van der Waals surface area (Å²) >= 11 is 0. The molecular formula is C16H24N2O2S.